The average Bonchev–Trinajstić information content (AvgIpc) is 2.38. The van der Waals surface area contributed by atoms with Gasteiger partial charge in [0, 0.05) is 18.5 Å². The molecule has 1 aliphatic heterocycles. The van der Waals surface area contributed by atoms with Gasteiger partial charge >= 0.3 is 0 Å². The van der Waals surface area contributed by atoms with E-state index < -0.39 is 0 Å². The molecule has 5 heteroatoms. The molecule has 0 saturated carbocycles. The van der Waals surface area contributed by atoms with Crippen LogP contribution in [0.5, 0.6) is 0 Å². The number of halogens is 2. The maximum absolute atomic E-state index is 13.5. The lowest BCUT2D eigenvalue weighted by molar-refractivity contribution is -0.116. The van der Waals surface area contributed by atoms with Crippen LogP contribution in [0, 0.1) is 9.39 Å². The van der Waals surface area contributed by atoms with Crippen molar-refractivity contribution in [1.29, 1.82) is 0 Å². The van der Waals surface area contributed by atoms with Gasteiger partial charge < -0.3 is 10.6 Å². The fourth-order valence-corrected chi connectivity index (χ4v) is 2.46. The van der Waals surface area contributed by atoms with Gasteiger partial charge in [-0.2, -0.15) is 0 Å². The molecule has 1 heterocycles. The smallest absolute Gasteiger partial charge is 0.226 e. The summed E-state index contributed by atoms with van der Waals surface area (Å²) in [7, 11) is 0. The van der Waals surface area contributed by atoms with Crippen LogP contribution in [0.25, 0.3) is 0 Å². The van der Waals surface area contributed by atoms with Crippen LogP contribution in [0.2, 0.25) is 0 Å². The number of hydrogen-bond donors (Lipinski definition) is 2. The number of benzene rings is 1. The monoisotopic (exact) mass is 348 g/mol. The van der Waals surface area contributed by atoms with Crippen LogP contribution in [0.15, 0.2) is 12.1 Å². The van der Waals surface area contributed by atoms with Crippen molar-refractivity contribution in [3.05, 3.63) is 21.5 Å². The van der Waals surface area contributed by atoms with Crippen LogP contribution < -0.4 is 10.6 Å². The molecule has 2 rings (SSSR count). The van der Waals surface area contributed by atoms with E-state index in [0.717, 1.165) is 12.8 Å². The van der Waals surface area contributed by atoms with Gasteiger partial charge in [0.1, 0.15) is 5.82 Å². The Kier molecular flexibility index (Phi) is 3.86. The number of anilines is 2. The van der Waals surface area contributed by atoms with Crippen molar-refractivity contribution < 1.29 is 9.18 Å². The molecule has 17 heavy (non-hydrogen) atoms. The Hall–Kier alpha value is -0.850. The Labute approximate surface area is 113 Å². The molecule has 0 aromatic heterocycles. The van der Waals surface area contributed by atoms with Crippen molar-refractivity contribution in [2.45, 2.75) is 32.2 Å². The zero-order valence-corrected chi connectivity index (χ0v) is 11.7. The predicted octanol–water partition coefficient (Wildman–Crippen LogP) is 3.35. The third-order valence-electron chi connectivity index (χ3n) is 2.76. The number of hydrogen-bond acceptors (Lipinski definition) is 2. The summed E-state index contributed by atoms with van der Waals surface area (Å²) in [4.78, 5) is 11.7. The molecule has 0 bridgehead atoms. The normalized spacial score (nSPS) is 19.0. The van der Waals surface area contributed by atoms with Gasteiger partial charge in [-0.15, -0.1) is 0 Å². The zero-order valence-electron chi connectivity index (χ0n) is 9.52. The van der Waals surface area contributed by atoms with Gasteiger partial charge in [0.15, 0.2) is 0 Å². The number of amides is 1. The van der Waals surface area contributed by atoms with Gasteiger partial charge in [-0.25, -0.2) is 4.39 Å². The maximum atomic E-state index is 13.5. The molecule has 0 fully saturated rings. The lowest BCUT2D eigenvalue weighted by Gasteiger charge is -2.16. The van der Waals surface area contributed by atoms with E-state index in [1.54, 1.807) is 6.07 Å². The van der Waals surface area contributed by atoms with Crippen molar-refractivity contribution in [2.75, 3.05) is 10.6 Å². The van der Waals surface area contributed by atoms with E-state index in [4.69, 9.17) is 0 Å². The summed E-state index contributed by atoms with van der Waals surface area (Å²) in [6, 6.07) is 3.19. The van der Waals surface area contributed by atoms with E-state index in [1.807, 2.05) is 22.6 Å². The van der Waals surface area contributed by atoms with Crippen molar-refractivity contribution >= 4 is 39.9 Å². The second-order valence-corrected chi connectivity index (χ2v) is 5.36. The van der Waals surface area contributed by atoms with Crippen LogP contribution in [-0.2, 0) is 4.79 Å². The van der Waals surface area contributed by atoms with E-state index >= 15 is 0 Å². The van der Waals surface area contributed by atoms with Crippen molar-refractivity contribution in [3.8, 4) is 0 Å². The van der Waals surface area contributed by atoms with Gasteiger partial charge in [-0.05, 0) is 35.1 Å². The summed E-state index contributed by atoms with van der Waals surface area (Å²) in [6.07, 6.45) is 2.33. The Morgan fingerprint density at radius 2 is 2.24 bits per heavy atom. The molecule has 1 atom stereocenters. The first-order valence-corrected chi connectivity index (χ1v) is 6.73. The highest BCUT2D eigenvalue weighted by Gasteiger charge is 2.21. The third-order valence-corrected chi connectivity index (χ3v) is 3.59. The number of carbonyl (C=O) groups is 1. The largest absolute Gasteiger partial charge is 0.380 e. The molecule has 0 aliphatic carbocycles. The highest BCUT2D eigenvalue weighted by Crippen LogP contribution is 2.30. The summed E-state index contributed by atoms with van der Waals surface area (Å²) < 4.78 is 14.0. The van der Waals surface area contributed by atoms with Gasteiger partial charge in [0.2, 0.25) is 5.91 Å². The SMILES string of the molecule is CCCC1CC(=O)Nc2cc(I)c(F)cc2N1. The Bertz CT molecular complexity index is 450. The quantitative estimate of drug-likeness (QED) is 0.805. The molecule has 0 radical (unpaired) electrons. The van der Waals surface area contributed by atoms with E-state index in [0.29, 0.717) is 21.4 Å². The molecular formula is C12H14FIN2O. The van der Waals surface area contributed by atoms with Crippen molar-refractivity contribution in [3.63, 3.8) is 0 Å². The minimum Gasteiger partial charge on any atom is -0.380 e. The van der Waals surface area contributed by atoms with Crippen LogP contribution in [0.3, 0.4) is 0 Å². The Morgan fingerprint density at radius 1 is 1.47 bits per heavy atom. The molecule has 0 saturated heterocycles. The molecule has 92 valence electrons. The Balaban J connectivity index is 2.34. The average molecular weight is 348 g/mol. The first-order chi connectivity index (χ1) is 8.10. The third kappa shape index (κ3) is 2.88. The topological polar surface area (TPSA) is 41.1 Å². The van der Waals surface area contributed by atoms with Crippen LogP contribution in [-0.4, -0.2) is 11.9 Å². The van der Waals surface area contributed by atoms with E-state index in [1.165, 1.54) is 6.07 Å². The molecule has 1 aliphatic rings. The molecule has 1 aromatic rings. The molecule has 1 unspecified atom stereocenters. The highest BCUT2D eigenvalue weighted by molar-refractivity contribution is 14.1. The number of fused-ring (bicyclic) bond motifs is 1. The standard InChI is InChI=1S/C12H14FIN2O/c1-2-3-7-4-12(17)16-11-6-9(14)8(13)5-10(11)15-7/h5-7,15H,2-4H2,1H3,(H,16,17). The fourth-order valence-electron chi connectivity index (χ4n) is 1.99. The maximum Gasteiger partial charge on any atom is 0.226 e. The summed E-state index contributed by atoms with van der Waals surface area (Å²) in [5.74, 6) is -0.277. The minimum absolute atomic E-state index is 0.0166. The van der Waals surface area contributed by atoms with E-state index in [2.05, 4.69) is 17.6 Å². The molecular weight excluding hydrogens is 334 g/mol. The van der Waals surface area contributed by atoms with Gasteiger partial charge in [0.05, 0.1) is 14.9 Å². The molecule has 2 N–H and O–H groups in total. The lowest BCUT2D eigenvalue weighted by Crippen LogP contribution is -2.22. The lowest BCUT2D eigenvalue weighted by atomic mass is 10.1. The highest BCUT2D eigenvalue weighted by atomic mass is 127. The van der Waals surface area contributed by atoms with Gasteiger partial charge in [-0.3, -0.25) is 4.79 Å². The number of rotatable bonds is 2. The number of nitrogens with one attached hydrogen (secondary N) is 2. The summed E-state index contributed by atoms with van der Waals surface area (Å²) in [6.45, 7) is 2.07. The fraction of sp³-hybridized carbons (Fsp3) is 0.417. The molecule has 0 spiro atoms. The predicted molar refractivity (Wildman–Crippen MR) is 74.7 cm³/mol. The van der Waals surface area contributed by atoms with Crippen molar-refractivity contribution in [1.82, 2.24) is 0 Å². The second kappa shape index (κ2) is 5.20. The second-order valence-electron chi connectivity index (χ2n) is 4.19. The van der Waals surface area contributed by atoms with Crippen molar-refractivity contribution in [2.24, 2.45) is 0 Å². The first kappa shape index (κ1) is 12.6. The first-order valence-electron chi connectivity index (χ1n) is 5.65. The summed E-state index contributed by atoms with van der Waals surface area (Å²) >= 11 is 1.92. The minimum atomic E-state index is -0.261. The number of carbonyl (C=O) groups excluding carboxylic acids is 1. The molecule has 1 aromatic carbocycles. The van der Waals surface area contributed by atoms with E-state index in [9.17, 15) is 9.18 Å². The molecule has 1 amide bonds. The van der Waals surface area contributed by atoms with Crippen LogP contribution in [0.4, 0.5) is 15.8 Å². The van der Waals surface area contributed by atoms with Gasteiger partial charge in [0.25, 0.3) is 0 Å². The zero-order chi connectivity index (χ0) is 12.4. The van der Waals surface area contributed by atoms with Crippen LogP contribution in [0.1, 0.15) is 26.2 Å². The Morgan fingerprint density at radius 3 is 2.94 bits per heavy atom. The van der Waals surface area contributed by atoms with Crippen LogP contribution >= 0.6 is 22.6 Å². The molecule has 3 nitrogen and oxygen atoms in total. The van der Waals surface area contributed by atoms with Gasteiger partial charge in [-0.1, -0.05) is 13.3 Å². The summed E-state index contributed by atoms with van der Waals surface area (Å²) in [5.41, 5.74) is 1.34. The van der Waals surface area contributed by atoms with E-state index in [-0.39, 0.29) is 17.8 Å². The summed E-state index contributed by atoms with van der Waals surface area (Å²) in [5, 5.41) is 6.04.